The van der Waals surface area contributed by atoms with E-state index in [-0.39, 0.29) is 11.7 Å². The molecule has 0 aliphatic carbocycles. The highest BCUT2D eigenvalue weighted by Gasteiger charge is 2.23. The van der Waals surface area contributed by atoms with Crippen LogP contribution in [0.15, 0.2) is 63.5 Å². The molecule has 0 atom stereocenters. The summed E-state index contributed by atoms with van der Waals surface area (Å²) in [5.41, 5.74) is 2.76. The molecule has 186 valence electrons. The number of carbonyl (C=O) groups excluding carboxylic acids is 2. The molecule has 0 radical (unpaired) electrons. The molecule has 0 saturated heterocycles. The van der Waals surface area contributed by atoms with Crippen LogP contribution in [-0.2, 0) is 16.1 Å². The number of ether oxygens (including phenoxy) is 2. The Morgan fingerprint density at radius 1 is 1.06 bits per heavy atom. The molecule has 2 aromatic heterocycles. The lowest BCUT2D eigenvalue weighted by atomic mass is 10.0. The quantitative estimate of drug-likeness (QED) is 0.190. The second-order valence-corrected chi connectivity index (χ2v) is 10.2. The largest absolute Gasteiger partial charge is 0.497 e. The van der Waals surface area contributed by atoms with E-state index in [1.165, 1.54) is 30.2 Å². The van der Waals surface area contributed by atoms with E-state index in [4.69, 9.17) is 9.47 Å². The molecule has 0 unspecified atom stereocenters. The zero-order valence-electron chi connectivity index (χ0n) is 19.8. The molecule has 36 heavy (non-hydrogen) atoms. The molecule has 0 aliphatic rings. The van der Waals surface area contributed by atoms with Crippen molar-refractivity contribution in [3.63, 3.8) is 0 Å². The molecule has 2 heterocycles. The third-order valence-electron chi connectivity index (χ3n) is 5.30. The van der Waals surface area contributed by atoms with E-state index in [9.17, 15) is 9.59 Å². The number of halogens is 1. The van der Waals surface area contributed by atoms with E-state index in [1.54, 1.807) is 7.11 Å². The lowest BCUT2D eigenvalue weighted by Gasteiger charge is -2.09. The highest BCUT2D eigenvalue weighted by atomic mass is 79.9. The number of methoxy groups -OCH3 is 2. The van der Waals surface area contributed by atoms with E-state index in [0.717, 1.165) is 21.4 Å². The first-order chi connectivity index (χ1) is 17.4. The number of hydrogen-bond donors (Lipinski definition) is 1. The maximum Gasteiger partial charge on any atom is 0.341 e. The molecule has 2 aromatic carbocycles. The summed E-state index contributed by atoms with van der Waals surface area (Å²) in [7, 11) is 2.91. The van der Waals surface area contributed by atoms with Gasteiger partial charge >= 0.3 is 5.97 Å². The number of nitrogens with one attached hydrogen (secondary N) is 1. The minimum Gasteiger partial charge on any atom is -0.497 e. The summed E-state index contributed by atoms with van der Waals surface area (Å²) in [6.45, 7) is 2.66. The van der Waals surface area contributed by atoms with Crippen LogP contribution in [0.3, 0.4) is 0 Å². The van der Waals surface area contributed by atoms with Crippen molar-refractivity contribution in [1.29, 1.82) is 0 Å². The Morgan fingerprint density at radius 2 is 1.75 bits per heavy atom. The lowest BCUT2D eigenvalue weighted by molar-refractivity contribution is -0.113. The molecule has 8 nitrogen and oxygen atoms in total. The van der Waals surface area contributed by atoms with Crippen LogP contribution in [0.4, 0.5) is 5.00 Å². The zero-order valence-corrected chi connectivity index (χ0v) is 23.0. The summed E-state index contributed by atoms with van der Waals surface area (Å²) in [6, 6.07) is 15.2. The summed E-state index contributed by atoms with van der Waals surface area (Å²) in [5.74, 6) is 0.777. The van der Waals surface area contributed by atoms with Crippen LogP contribution < -0.4 is 10.1 Å². The molecule has 11 heteroatoms. The van der Waals surface area contributed by atoms with Gasteiger partial charge in [0.15, 0.2) is 11.0 Å². The van der Waals surface area contributed by atoms with Crippen LogP contribution in [0.1, 0.15) is 17.3 Å². The maximum absolute atomic E-state index is 12.8. The summed E-state index contributed by atoms with van der Waals surface area (Å²) in [6.07, 6.45) is 0. The van der Waals surface area contributed by atoms with E-state index < -0.39 is 5.97 Å². The van der Waals surface area contributed by atoms with Gasteiger partial charge in [-0.25, -0.2) is 4.79 Å². The number of nitrogens with zero attached hydrogens (tertiary/aromatic N) is 3. The van der Waals surface area contributed by atoms with E-state index in [1.807, 2.05) is 65.4 Å². The number of thioether (sulfide) groups is 1. The molecule has 0 bridgehead atoms. The van der Waals surface area contributed by atoms with Crippen molar-refractivity contribution >= 4 is 55.9 Å². The summed E-state index contributed by atoms with van der Waals surface area (Å²) in [5, 5.41) is 14.4. The van der Waals surface area contributed by atoms with Crippen molar-refractivity contribution in [3.8, 4) is 28.3 Å². The fourth-order valence-electron chi connectivity index (χ4n) is 3.52. The van der Waals surface area contributed by atoms with Gasteiger partial charge < -0.3 is 19.4 Å². The fourth-order valence-corrected chi connectivity index (χ4v) is 5.56. The molecular formula is C25H23BrN4O4S2. The Kier molecular flexibility index (Phi) is 8.44. The second-order valence-electron chi connectivity index (χ2n) is 7.47. The van der Waals surface area contributed by atoms with Gasteiger partial charge in [-0.1, -0.05) is 52.0 Å². The van der Waals surface area contributed by atoms with Crippen molar-refractivity contribution in [2.24, 2.45) is 0 Å². The van der Waals surface area contributed by atoms with Gasteiger partial charge in [-0.05, 0) is 36.8 Å². The van der Waals surface area contributed by atoms with Crippen molar-refractivity contribution in [2.75, 3.05) is 25.3 Å². The van der Waals surface area contributed by atoms with Gasteiger partial charge in [0.25, 0.3) is 0 Å². The van der Waals surface area contributed by atoms with Crippen molar-refractivity contribution in [1.82, 2.24) is 14.8 Å². The molecule has 0 aliphatic heterocycles. The number of thiophene rings is 1. The van der Waals surface area contributed by atoms with Crippen LogP contribution >= 0.6 is 39.0 Å². The topological polar surface area (TPSA) is 95.3 Å². The Balaban J connectivity index is 1.50. The summed E-state index contributed by atoms with van der Waals surface area (Å²) >= 11 is 6.00. The summed E-state index contributed by atoms with van der Waals surface area (Å²) < 4.78 is 13.2. The second kappa shape index (κ2) is 11.7. The van der Waals surface area contributed by atoms with E-state index >= 15 is 0 Å². The van der Waals surface area contributed by atoms with Gasteiger partial charge in [-0.2, -0.15) is 0 Å². The standard InChI is InChI=1S/C25H23BrN4O4S2/c1-4-30-22(16-5-9-17(26)10-6-16)28-29-25(30)36-14-20(31)27-23-21(24(32)34-3)19(13-35-23)15-7-11-18(33-2)12-8-15/h5-13H,4,14H2,1-3H3,(H,27,31). The molecule has 0 fully saturated rings. The molecule has 1 N–H and O–H groups in total. The molecule has 1 amide bonds. The number of hydrogen-bond acceptors (Lipinski definition) is 8. The minimum atomic E-state index is -0.519. The number of anilines is 1. The highest BCUT2D eigenvalue weighted by molar-refractivity contribution is 9.10. The molecular weight excluding hydrogens is 564 g/mol. The average Bonchev–Trinajstić information content (AvgIpc) is 3.51. The number of rotatable bonds is 9. The van der Waals surface area contributed by atoms with E-state index in [2.05, 4.69) is 31.4 Å². The molecule has 4 aromatic rings. The van der Waals surface area contributed by atoms with Crippen LogP contribution in [0.5, 0.6) is 5.75 Å². The van der Waals surface area contributed by atoms with Gasteiger partial charge in [-0.15, -0.1) is 21.5 Å². The Hall–Kier alpha value is -3.15. The maximum atomic E-state index is 12.8. The van der Waals surface area contributed by atoms with Gasteiger partial charge in [0.05, 0.1) is 20.0 Å². The predicted octanol–water partition coefficient (Wildman–Crippen LogP) is 5.98. The Bertz CT molecular complexity index is 1370. The van der Waals surface area contributed by atoms with E-state index in [0.29, 0.717) is 33.6 Å². The number of esters is 1. The highest BCUT2D eigenvalue weighted by Crippen LogP contribution is 2.37. The Morgan fingerprint density at radius 3 is 2.39 bits per heavy atom. The van der Waals surface area contributed by atoms with Gasteiger partial charge in [0.1, 0.15) is 16.3 Å². The normalized spacial score (nSPS) is 10.8. The molecule has 4 rings (SSSR count). The Labute approximate surface area is 225 Å². The lowest BCUT2D eigenvalue weighted by Crippen LogP contribution is -2.16. The first kappa shape index (κ1) is 25.9. The predicted molar refractivity (Wildman–Crippen MR) is 146 cm³/mol. The zero-order chi connectivity index (χ0) is 25.7. The third-order valence-corrected chi connectivity index (χ3v) is 7.69. The average molecular weight is 588 g/mol. The first-order valence-corrected chi connectivity index (χ1v) is 13.6. The van der Waals surface area contributed by atoms with Crippen LogP contribution in [-0.4, -0.2) is 46.6 Å². The molecule has 0 saturated carbocycles. The first-order valence-electron chi connectivity index (χ1n) is 10.9. The summed E-state index contributed by atoms with van der Waals surface area (Å²) in [4.78, 5) is 25.4. The van der Waals surface area contributed by atoms with Gasteiger partial charge in [0, 0.05) is 27.5 Å². The van der Waals surface area contributed by atoms with Crippen LogP contribution in [0.25, 0.3) is 22.5 Å². The minimum absolute atomic E-state index is 0.106. The smallest absolute Gasteiger partial charge is 0.341 e. The van der Waals surface area contributed by atoms with Gasteiger partial charge in [0.2, 0.25) is 5.91 Å². The number of carbonyl (C=O) groups is 2. The number of aromatic nitrogens is 3. The monoisotopic (exact) mass is 586 g/mol. The van der Waals surface area contributed by atoms with Crippen molar-refractivity contribution in [3.05, 3.63) is 63.9 Å². The van der Waals surface area contributed by atoms with Crippen molar-refractivity contribution < 1.29 is 19.1 Å². The van der Waals surface area contributed by atoms with Crippen molar-refractivity contribution in [2.45, 2.75) is 18.6 Å². The third kappa shape index (κ3) is 5.63. The van der Waals surface area contributed by atoms with Crippen LogP contribution in [0, 0.1) is 0 Å². The number of amides is 1. The number of benzene rings is 2. The fraction of sp³-hybridized carbons (Fsp3) is 0.200. The van der Waals surface area contributed by atoms with Gasteiger partial charge in [-0.3, -0.25) is 4.79 Å². The molecule has 0 spiro atoms. The van der Waals surface area contributed by atoms with Crippen LogP contribution in [0.2, 0.25) is 0 Å². The SMILES string of the molecule is CCn1c(SCC(=O)Nc2scc(-c3ccc(OC)cc3)c2C(=O)OC)nnc1-c1ccc(Br)cc1.